The van der Waals surface area contributed by atoms with E-state index >= 15 is 0 Å². The van der Waals surface area contributed by atoms with Crippen LogP contribution in [0, 0.1) is 0 Å². The average molecular weight is 274 g/mol. The number of ether oxygens (including phenoxy) is 1. The van der Waals surface area contributed by atoms with Crippen molar-refractivity contribution in [1.29, 1.82) is 0 Å². The highest BCUT2D eigenvalue weighted by atomic mass is 16.5. The van der Waals surface area contributed by atoms with Crippen LogP contribution in [0.25, 0.3) is 0 Å². The van der Waals surface area contributed by atoms with Crippen LogP contribution in [-0.2, 0) is 0 Å². The molecule has 0 radical (unpaired) electrons. The Balaban J connectivity index is 2.14. The molecule has 1 heterocycles. The van der Waals surface area contributed by atoms with Crippen molar-refractivity contribution in [2.24, 2.45) is 0 Å². The molecule has 1 aliphatic heterocycles. The van der Waals surface area contributed by atoms with E-state index in [1.165, 1.54) is 11.1 Å². The zero-order chi connectivity index (χ0) is 14.4. The Morgan fingerprint density at radius 1 is 1.30 bits per heavy atom. The maximum Gasteiger partial charge on any atom is 0.119 e. The Kier molecular flexibility index (Phi) is 5.62. The van der Waals surface area contributed by atoms with Gasteiger partial charge in [0.05, 0.1) is 6.61 Å². The molecule has 0 saturated carbocycles. The molecule has 1 aromatic carbocycles. The summed E-state index contributed by atoms with van der Waals surface area (Å²) >= 11 is 0. The van der Waals surface area contributed by atoms with Gasteiger partial charge in [0.25, 0.3) is 0 Å². The SMILES string of the molecule is C=C(C)C[C@H](c1ccc(OCC)cc1)N1CCNCC1. The molecule has 0 aromatic heterocycles. The first-order valence-electron chi connectivity index (χ1n) is 7.52. The minimum Gasteiger partial charge on any atom is -0.494 e. The largest absolute Gasteiger partial charge is 0.494 e. The van der Waals surface area contributed by atoms with Crippen LogP contribution in [0.5, 0.6) is 5.75 Å². The van der Waals surface area contributed by atoms with Gasteiger partial charge in [-0.15, -0.1) is 6.58 Å². The van der Waals surface area contributed by atoms with Crippen molar-refractivity contribution in [3.63, 3.8) is 0 Å². The summed E-state index contributed by atoms with van der Waals surface area (Å²) in [6, 6.07) is 8.98. The van der Waals surface area contributed by atoms with Gasteiger partial charge in [0.1, 0.15) is 5.75 Å². The summed E-state index contributed by atoms with van der Waals surface area (Å²) in [6.07, 6.45) is 1.02. The maximum absolute atomic E-state index is 5.53. The molecular formula is C17H26N2O. The van der Waals surface area contributed by atoms with Gasteiger partial charge in [0, 0.05) is 32.2 Å². The topological polar surface area (TPSA) is 24.5 Å². The van der Waals surface area contributed by atoms with Crippen LogP contribution in [0.2, 0.25) is 0 Å². The summed E-state index contributed by atoms with van der Waals surface area (Å²) in [4.78, 5) is 2.56. The fraction of sp³-hybridized carbons (Fsp3) is 0.529. The summed E-state index contributed by atoms with van der Waals surface area (Å²) in [5, 5.41) is 3.42. The summed E-state index contributed by atoms with van der Waals surface area (Å²) in [7, 11) is 0. The monoisotopic (exact) mass is 274 g/mol. The Morgan fingerprint density at radius 3 is 2.50 bits per heavy atom. The molecule has 2 rings (SSSR count). The molecule has 1 saturated heterocycles. The van der Waals surface area contributed by atoms with Gasteiger partial charge < -0.3 is 10.1 Å². The predicted molar refractivity (Wildman–Crippen MR) is 84.2 cm³/mol. The summed E-state index contributed by atoms with van der Waals surface area (Å²) in [6.45, 7) is 13.3. The van der Waals surface area contributed by atoms with Crippen molar-refractivity contribution in [2.45, 2.75) is 26.3 Å². The predicted octanol–water partition coefficient (Wildman–Crippen LogP) is 3.00. The average Bonchev–Trinajstić information content (AvgIpc) is 2.47. The van der Waals surface area contributed by atoms with E-state index in [0.717, 1.165) is 38.3 Å². The maximum atomic E-state index is 5.53. The number of rotatable bonds is 6. The zero-order valence-electron chi connectivity index (χ0n) is 12.7. The first kappa shape index (κ1) is 15.1. The van der Waals surface area contributed by atoms with Crippen LogP contribution < -0.4 is 10.1 Å². The molecule has 0 bridgehead atoms. The summed E-state index contributed by atoms with van der Waals surface area (Å²) in [5.74, 6) is 0.950. The summed E-state index contributed by atoms with van der Waals surface area (Å²) in [5.41, 5.74) is 2.60. The Labute approximate surface area is 122 Å². The highest BCUT2D eigenvalue weighted by Crippen LogP contribution is 2.28. The summed E-state index contributed by atoms with van der Waals surface area (Å²) < 4.78 is 5.53. The van der Waals surface area contributed by atoms with Crippen molar-refractivity contribution >= 4 is 0 Å². The molecule has 1 N–H and O–H groups in total. The molecule has 0 spiro atoms. The van der Waals surface area contributed by atoms with Gasteiger partial charge in [0.2, 0.25) is 0 Å². The third kappa shape index (κ3) is 4.09. The van der Waals surface area contributed by atoms with E-state index in [9.17, 15) is 0 Å². The molecule has 1 aliphatic rings. The lowest BCUT2D eigenvalue weighted by atomic mass is 9.98. The lowest BCUT2D eigenvalue weighted by Gasteiger charge is -2.35. The number of piperazine rings is 1. The second-order valence-corrected chi connectivity index (χ2v) is 5.47. The number of hydrogen-bond acceptors (Lipinski definition) is 3. The van der Waals surface area contributed by atoms with Crippen molar-refractivity contribution in [2.75, 3.05) is 32.8 Å². The van der Waals surface area contributed by atoms with E-state index in [1.54, 1.807) is 0 Å². The van der Waals surface area contributed by atoms with Gasteiger partial charge in [-0.25, -0.2) is 0 Å². The number of nitrogens with zero attached hydrogens (tertiary/aromatic N) is 1. The Morgan fingerprint density at radius 2 is 1.95 bits per heavy atom. The van der Waals surface area contributed by atoms with E-state index in [-0.39, 0.29) is 0 Å². The number of nitrogens with one attached hydrogen (secondary N) is 1. The third-order valence-corrected chi connectivity index (χ3v) is 3.71. The van der Waals surface area contributed by atoms with E-state index < -0.39 is 0 Å². The van der Waals surface area contributed by atoms with Gasteiger partial charge in [-0.1, -0.05) is 17.7 Å². The fourth-order valence-corrected chi connectivity index (χ4v) is 2.73. The number of benzene rings is 1. The van der Waals surface area contributed by atoms with Crippen LogP contribution >= 0.6 is 0 Å². The Bertz CT molecular complexity index is 421. The fourth-order valence-electron chi connectivity index (χ4n) is 2.73. The standard InChI is InChI=1S/C17H26N2O/c1-4-20-16-7-5-15(6-8-16)17(13-14(2)3)19-11-9-18-10-12-19/h5-8,17-18H,2,4,9-13H2,1,3H3/t17-/m1/s1. The highest BCUT2D eigenvalue weighted by Gasteiger charge is 2.22. The van der Waals surface area contributed by atoms with Crippen molar-refractivity contribution < 1.29 is 4.74 Å². The molecule has 20 heavy (non-hydrogen) atoms. The molecule has 1 fully saturated rings. The van der Waals surface area contributed by atoms with Crippen LogP contribution in [-0.4, -0.2) is 37.7 Å². The smallest absolute Gasteiger partial charge is 0.119 e. The minimum atomic E-state index is 0.435. The molecule has 3 nitrogen and oxygen atoms in total. The van der Waals surface area contributed by atoms with Crippen LogP contribution in [0.15, 0.2) is 36.4 Å². The van der Waals surface area contributed by atoms with Gasteiger partial charge >= 0.3 is 0 Å². The molecule has 0 aliphatic carbocycles. The first-order chi connectivity index (χ1) is 9.70. The van der Waals surface area contributed by atoms with Gasteiger partial charge in [-0.05, 0) is 38.0 Å². The molecular weight excluding hydrogens is 248 g/mol. The number of hydrogen-bond donors (Lipinski definition) is 1. The van der Waals surface area contributed by atoms with E-state index in [2.05, 4.69) is 48.0 Å². The van der Waals surface area contributed by atoms with E-state index in [1.807, 2.05) is 6.92 Å². The second-order valence-electron chi connectivity index (χ2n) is 5.47. The molecule has 0 unspecified atom stereocenters. The first-order valence-corrected chi connectivity index (χ1v) is 7.52. The zero-order valence-corrected chi connectivity index (χ0v) is 12.7. The lowest BCUT2D eigenvalue weighted by Crippen LogP contribution is -2.45. The molecule has 0 amide bonds. The lowest BCUT2D eigenvalue weighted by molar-refractivity contribution is 0.172. The van der Waals surface area contributed by atoms with Crippen molar-refractivity contribution in [3.8, 4) is 5.75 Å². The molecule has 1 atom stereocenters. The molecule has 1 aromatic rings. The van der Waals surface area contributed by atoms with Crippen LogP contribution in [0.1, 0.15) is 31.9 Å². The third-order valence-electron chi connectivity index (χ3n) is 3.71. The van der Waals surface area contributed by atoms with Crippen LogP contribution in [0.3, 0.4) is 0 Å². The second kappa shape index (κ2) is 7.46. The Hall–Kier alpha value is -1.32. The van der Waals surface area contributed by atoms with Gasteiger partial charge in [-0.2, -0.15) is 0 Å². The van der Waals surface area contributed by atoms with E-state index in [4.69, 9.17) is 4.74 Å². The van der Waals surface area contributed by atoms with E-state index in [0.29, 0.717) is 12.6 Å². The highest BCUT2D eigenvalue weighted by molar-refractivity contribution is 5.30. The van der Waals surface area contributed by atoms with Crippen molar-refractivity contribution in [3.05, 3.63) is 42.0 Å². The van der Waals surface area contributed by atoms with Crippen molar-refractivity contribution in [1.82, 2.24) is 10.2 Å². The quantitative estimate of drug-likeness (QED) is 0.807. The minimum absolute atomic E-state index is 0.435. The molecule has 3 heteroatoms. The van der Waals surface area contributed by atoms with Gasteiger partial charge in [-0.3, -0.25) is 4.90 Å². The normalized spacial score (nSPS) is 17.7. The van der Waals surface area contributed by atoms with Gasteiger partial charge in [0.15, 0.2) is 0 Å². The van der Waals surface area contributed by atoms with Crippen LogP contribution in [0.4, 0.5) is 0 Å². The molecule has 110 valence electrons.